The number of amides is 1. The number of carbonyl (C=O) groups excluding carboxylic acids is 3. The van der Waals surface area contributed by atoms with E-state index in [0.29, 0.717) is 23.1 Å². The highest BCUT2D eigenvalue weighted by molar-refractivity contribution is 7.17. The summed E-state index contributed by atoms with van der Waals surface area (Å²) in [6, 6.07) is 0. The predicted molar refractivity (Wildman–Crippen MR) is 110 cm³/mol. The molecule has 1 heterocycles. The van der Waals surface area contributed by atoms with E-state index >= 15 is 0 Å². The predicted octanol–water partition coefficient (Wildman–Crippen LogP) is 4.36. The maximum atomic E-state index is 12.6. The summed E-state index contributed by atoms with van der Waals surface area (Å²) in [5.74, 6) is -0.567. The monoisotopic (exact) mass is 409 g/mol. The molecule has 1 amide bonds. The summed E-state index contributed by atoms with van der Waals surface area (Å²) in [5.41, 5.74) is 1.68. The number of nitrogens with one attached hydrogen (secondary N) is 1. The van der Waals surface area contributed by atoms with Gasteiger partial charge >= 0.3 is 11.9 Å². The lowest BCUT2D eigenvalue weighted by molar-refractivity contribution is -0.144. The van der Waals surface area contributed by atoms with Crippen LogP contribution in [0.1, 0.15) is 74.7 Å². The molecule has 156 valence electrons. The summed E-state index contributed by atoms with van der Waals surface area (Å²) in [7, 11) is 0. The third-order valence-electron chi connectivity index (χ3n) is 5.08. The van der Waals surface area contributed by atoms with Crippen molar-refractivity contribution < 1.29 is 23.9 Å². The van der Waals surface area contributed by atoms with Gasteiger partial charge in [-0.15, -0.1) is 11.3 Å². The molecule has 0 aromatic carbocycles. The second-order valence-corrected chi connectivity index (χ2v) is 9.19. The molecule has 0 bridgehead atoms. The molecule has 0 saturated heterocycles. The Morgan fingerprint density at radius 3 is 2.39 bits per heavy atom. The van der Waals surface area contributed by atoms with Gasteiger partial charge in [-0.25, -0.2) is 4.79 Å². The van der Waals surface area contributed by atoms with Crippen LogP contribution in [0.5, 0.6) is 0 Å². The van der Waals surface area contributed by atoms with Crippen molar-refractivity contribution in [1.82, 2.24) is 0 Å². The van der Waals surface area contributed by atoms with Crippen molar-refractivity contribution in [2.45, 2.75) is 66.7 Å². The molecule has 1 N–H and O–H groups in total. The standard InChI is InChI=1S/C21H31NO5S/c1-6-26-17(24)11-10-16(23)22-19-18(20(25)27-7-2)14-9-8-13(21(3,4)5)12-15(14)28-19/h13H,6-12H2,1-5H3,(H,22,23). The number of ether oxygens (including phenoxy) is 2. The Kier molecular flexibility index (Phi) is 7.63. The first-order valence-electron chi connectivity index (χ1n) is 9.94. The molecular formula is C21H31NO5S. The minimum atomic E-state index is -0.401. The SMILES string of the molecule is CCOC(=O)CCC(=O)Nc1sc2c(c1C(=O)OCC)CCC(C(C)(C)C)C2. The first kappa shape index (κ1) is 22.4. The maximum absolute atomic E-state index is 12.6. The number of thiophene rings is 1. The number of hydrogen-bond acceptors (Lipinski definition) is 6. The third-order valence-corrected chi connectivity index (χ3v) is 6.25. The molecule has 0 fully saturated rings. The van der Waals surface area contributed by atoms with E-state index in [4.69, 9.17) is 9.47 Å². The lowest BCUT2D eigenvalue weighted by atomic mass is 9.72. The van der Waals surface area contributed by atoms with Crippen LogP contribution >= 0.6 is 11.3 Å². The highest BCUT2D eigenvalue weighted by atomic mass is 32.1. The van der Waals surface area contributed by atoms with Crippen LogP contribution in [0.25, 0.3) is 0 Å². The van der Waals surface area contributed by atoms with E-state index in [0.717, 1.165) is 29.7 Å². The highest BCUT2D eigenvalue weighted by Crippen LogP contribution is 2.44. The van der Waals surface area contributed by atoms with Crippen molar-refractivity contribution in [1.29, 1.82) is 0 Å². The maximum Gasteiger partial charge on any atom is 0.341 e. The first-order valence-corrected chi connectivity index (χ1v) is 10.8. The van der Waals surface area contributed by atoms with Crippen LogP contribution in [0, 0.1) is 11.3 Å². The average Bonchev–Trinajstić information content (AvgIpc) is 2.96. The van der Waals surface area contributed by atoms with Crippen LogP contribution in [-0.2, 0) is 31.9 Å². The topological polar surface area (TPSA) is 81.7 Å². The van der Waals surface area contributed by atoms with Gasteiger partial charge < -0.3 is 14.8 Å². The highest BCUT2D eigenvalue weighted by Gasteiger charge is 2.34. The van der Waals surface area contributed by atoms with Crippen LogP contribution in [0.2, 0.25) is 0 Å². The minimum Gasteiger partial charge on any atom is -0.466 e. The zero-order valence-corrected chi connectivity index (χ0v) is 18.3. The fraction of sp³-hybridized carbons (Fsp3) is 0.667. The minimum absolute atomic E-state index is 0.0194. The Labute approximate surface area is 171 Å². The number of rotatable bonds is 7. The van der Waals surface area contributed by atoms with Gasteiger partial charge in [0.25, 0.3) is 0 Å². The van der Waals surface area contributed by atoms with E-state index in [9.17, 15) is 14.4 Å². The van der Waals surface area contributed by atoms with Crippen molar-refractivity contribution in [2.24, 2.45) is 11.3 Å². The third kappa shape index (κ3) is 5.56. The molecule has 1 aromatic heterocycles. The van der Waals surface area contributed by atoms with E-state index in [1.165, 1.54) is 11.3 Å². The Morgan fingerprint density at radius 2 is 1.79 bits per heavy atom. The van der Waals surface area contributed by atoms with E-state index < -0.39 is 11.9 Å². The second-order valence-electron chi connectivity index (χ2n) is 8.09. The summed E-state index contributed by atoms with van der Waals surface area (Å²) in [6.45, 7) is 10.8. The van der Waals surface area contributed by atoms with Crippen molar-refractivity contribution in [3.05, 3.63) is 16.0 Å². The molecule has 28 heavy (non-hydrogen) atoms. The Balaban J connectivity index is 2.21. The van der Waals surface area contributed by atoms with Crippen LogP contribution in [0.15, 0.2) is 0 Å². The molecule has 0 saturated carbocycles. The second kappa shape index (κ2) is 9.54. The molecule has 6 nitrogen and oxygen atoms in total. The summed E-state index contributed by atoms with van der Waals surface area (Å²) < 4.78 is 10.1. The van der Waals surface area contributed by atoms with Gasteiger partial charge in [-0.05, 0) is 50.0 Å². The van der Waals surface area contributed by atoms with E-state index in [-0.39, 0.29) is 30.8 Å². The van der Waals surface area contributed by atoms with E-state index in [2.05, 4.69) is 26.1 Å². The van der Waals surface area contributed by atoms with Crippen molar-refractivity contribution in [3.63, 3.8) is 0 Å². The number of hydrogen-bond donors (Lipinski definition) is 1. The molecule has 7 heteroatoms. The van der Waals surface area contributed by atoms with Crippen molar-refractivity contribution >= 4 is 34.2 Å². The van der Waals surface area contributed by atoms with Gasteiger partial charge in [0, 0.05) is 11.3 Å². The fourth-order valence-electron chi connectivity index (χ4n) is 3.47. The van der Waals surface area contributed by atoms with Gasteiger partial charge in [0.1, 0.15) is 5.00 Å². The molecule has 0 radical (unpaired) electrons. The molecule has 2 rings (SSSR count). The summed E-state index contributed by atoms with van der Waals surface area (Å²) in [5, 5.41) is 3.36. The largest absolute Gasteiger partial charge is 0.466 e. The molecule has 1 atom stereocenters. The molecule has 0 spiro atoms. The lowest BCUT2D eigenvalue weighted by Gasteiger charge is -2.33. The molecule has 1 unspecified atom stereocenters. The molecule has 1 aromatic rings. The molecule has 1 aliphatic carbocycles. The van der Waals surface area contributed by atoms with Crippen molar-refractivity contribution in [2.75, 3.05) is 18.5 Å². The van der Waals surface area contributed by atoms with Crippen LogP contribution in [0.4, 0.5) is 5.00 Å². The number of carbonyl (C=O) groups is 3. The van der Waals surface area contributed by atoms with Gasteiger partial charge in [0.05, 0.1) is 25.2 Å². The lowest BCUT2D eigenvalue weighted by Crippen LogP contribution is -2.26. The van der Waals surface area contributed by atoms with Gasteiger partial charge in [-0.3, -0.25) is 9.59 Å². The van der Waals surface area contributed by atoms with Gasteiger partial charge in [-0.1, -0.05) is 20.8 Å². The van der Waals surface area contributed by atoms with Gasteiger partial charge in [0.2, 0.25) is 5.91 Å². The van der Waals surface area contributed by atoms with E-state index in [1.807, 2.05) is 0 Å². The number of anilines is 1. The molecular weight excluding hydrogens is 378 g/mol. The number of fused-ring (bicyclic) bond motifs is 1. The van der Waals surface area contributed by atoms with Gasteiger partial charge in [0.15, 0.2) is 0 Å². The van der Waals surface area contributed by atoms with E-state index in [1.54, 1.807) is 13.8 Å². The summed E-state index contributed by atoms with van der Waals surface area (Å²) >= 11 is 1.46. The summed E-state index contributed by atoms with van der Waals surface area (Å²) in [4.78, 5) is 37.5. The zero-order chi connectivity index (χ0) is 20.9. The first-order chi connectivity index (χ1) is 13.2. The average molecular weight is 410 g/mol. The normalized spacial score (nSPS) is 16.2. The Bertz CT molecular complexity index is 732. The smallest absolute Gasteiger partial charge is 0.341 e. The van der Waals surface area contributed by atoms with Crippen LogP contribution in [-0.4, -0.2) is 31.1 Å². The fourth-order valence-corrected chi connectivity index (χ4v) is 4.80. The van der Waals surface area contributed by atoms with Crippen LogP contribution < -0.4 is 5.32 Å². The van der Waals surface area contributed by atoms with Crippen LogP contribution in [0.3, 0.4) is 0 Å². The molecule has 1 aliphatic rings. The summed E-state index contributed by atoms with van der Waals surface area (Å²) in [6.07, 6.45) is 2.75. The number of esters is 2. The quantitative estimate of drug-likeness (QED) is 0.677. The van der Waals surface area contributed by atoms with Gasteiger partial charge in [-0.2, -0.15) is 0 Å². The molecule has 0 aliphatic heterocycles. The zero-order valence-electron chi connectivity index (χ0n) is 17.5. The Hall–Kier alpha value is -1.89. The Morgan fingerprint density at radius 1 is 1.11 bits per heavy atom. The van der Waals surface area contributed by atoms with Crippen molar-refractivity contribution in [3.8, 4) is 0 Å².